The molecule has 5 aromatic carbocycles. The zero-order chi connectivity index (χ0) is 53.8. The maximum absolute atomic E-state index is 11.5. The van der Waals surface area contributed by atoms with Gasteiger partial charge in [0.1, 0.15) is 0 Å². The van der Waals surface area contributed by atoms with Gasteiger partial charge in [0.25, 0.3) is 5.91 Å². The molecule has 1 N–H and O–H groups in total. The van der Waals surface area contributed by atoms with Crippen LogP contribution in [0.4, 0.5) is 0 Å². The van der Waals surface area contributed by atoms with Crippen LogP contribution in [-0.4, -0.2) is 82.2 Å². The highest BCUT2D eigenvalue weighted by Crippen LogP contribution is 2.37. The molecule has 3 aliphatic heterocycles. The average Bonchev–Trinajstić information content (AvgIpc) is 4.06. The van der Waals surface area contributed by atoms with E-state index in [0.717, 1.165) is 57.7 Å². The molecule has 3 amide bonds. The summed E-state index contributed by atoms with van der Waals surface area (Å²) < 4.78 is 7.07. The summed E-state index contributed by atoms with van der Waals surface area (Å²) in [6, 6.07) is 46.3. The number of halogens is 2. The molecule has 0 saturated carbocycles. The number of carbonyl (C=O) groups excluding carboxylic acids is 3. The number of alkyl halides is 2. The van der Waals surface area contributed by atoms with E-state index in [9.17, 15) is 14.4 Å². The molecule has 8 nitrogen and oxygen atoms in total. The minimum atomic E-state index is -0.267. The standard InChI is InChI=1S/C12H14NOP.2C12H16NP.C12H15N.C8H8Br2.C5H6NO2P.H2/c1-2-10-13(15)12(14)9-8-11-6-4-3-5-7-11;14-13-7-11-5-9-3-1-2-4-10(9)6-12(11)8-13;1-2-10-13(14)11-6-9-12-7-4-3-5-8-12;1-2-4-10-6-12-8-13-7-11(12)5-9(10)3-1;9-5-7-3-1-2-4-8(7)6-10;7-4-2-1-3-5(8)6(4)9;/h2-9H,1,10,15H2;1-4,11-12H,5-8,14H2;2-9H,1,10-11,14H2;1-4,11-13H,5-8H2;1-4H,5-6H2;1-2H,3,9H2;1H/b9-8+;;9-6+;;;;/i;;;;;;1+1. The Morgan fingerprint density at radius 2 is 1.07 bits per heavy atom. The summed E-state index contributed by atoms with van der Waals surface area (Å²) in [5.41, 5.74) is 11.3. The fraction of sp³-hybridized carbons (Fsp3) is 0.295. The minimum absolute atomic E-state index is 0. The molecule has 2 saturated heterocycles. The Morgan fingerprint density at radius 3 is 1.51 bits per heavy atom. The summed E-state index contributed by atoms with van der Waals surface area (Å²) in [5, 5.41) is 5.38. The number of nitrogens with zero attached hydrogens (tertiary/aromatic N) is 4. The summed E-state index contributed by atoms with van der Waals surface area (Å²) in [6.45, 7) is 14.6. The number of amides is 3. The highest BCUT2D eigenvalue weighted by molar-refractivity contribution is 9.09. The van der Waals surface area contributed by atoms with Crippen molar-refractivity contribution in [3.63, 3.8) is 0 Å². The van der Waals surface area contributed by atoms with Gasteiger partial charge in [-0.1, -0.05) is 214 Å². The molecule has 8 unspecified atom stereocenters. The third kappa shape index (κ3) is 21.7. The van der Waals surface area contributed by atoms with Crippen LogP contribution in [0.15, 0.2) is 183 Å². The maximum atomic E-state index is 11.5. The van der Waals surface area contributed by atoms with E-state index in [1.807, 2.05) is 54.6 Å². The molecule has 0 radical (unpaired) electrons. The van der Waals surface area contributed by atoms with Crippen LogP contribution in [-0.2, 0) is 50.7 Å². The van der Waals surface area contributed by atoms with E-state index >= 15 is 0 Å². The number of hydrogen-bond acceptors (Lipinski definition) is 6. The van der Waals surface area contributed by atoms with Crippen LogP contribution in [0.3, 0.4) is 0 Å². The lowest BCUT2D eigenvalue weighted by molar-refractivity contribution is -0.135. The predicted molar refractivity (Wildman–Crippen MR) is 339 cm³/mol. The first-order valence-electron chi connectivity index (χ1n) is 25.5. The largest absolute Gasteiger partial charge is 0.320 e. The molecule has 8 atom stereocenters. The van der Waals surface area contributed by atoms with Gasteiger partial charge in [0, 0.05) is 63.4 Å². The van der Waals surface area contributed by atoms with Gasteiger partial charge in [0.15, 0.2) is 0 Å². The van der Waals surface area contributed by atoms with E-state index < -0.39 is 0 Å². The summed E-state index contributed by atoms with van der Waals surface area (Å²) >= 11 is 6.86. The monoisotopic (exact) mass is 1210 g/mol. The molecule has 2 fully saturated rings. The second-order valence-electron chi connectivity index (χ2n) is 18.8. The molecule has 0 spiro atoms. The molecular weight excluding hydrogens is 1130 g/mol. The van der Waals surface area contributed by atoms with Crippen molar-refractivity contribution in [3.8, 4) is 0 Å². The van der Waals surface area contributed by atoms with Crippen molar-refractivity contribution in [1.82, 2.24) is 24.0 Å². The molecule has 5 aliphatic rings. The van der Waals surface area contributed by atoms with Crippen LogP contribution >= 0.6 is 69.4 Å². The Hall–Kier alpha value is -4.03. The van der Waals surface area contributed by atoms with Crippen molar-refractivity contribution >= 4 is 99.3 Å². The van der Waals surface area contributed by atoms with Crippen molar-refractivity contribution < 1.29 is 15.8 Å². The van der Waals surface area contributed by atoms with Crippen molar-refractivity contribution in [1.29, 1.82) is 0 Å². The third-order valence-electron chi connectivity index (χ3n) is 13.4. The highest BCUT2D eigenvalue weighted by Gasteiger charge is 2.35. The number of nitrogens with one attached hydrogen (secondary N) is 1. The topological polar surface area (TPSA) is 76.2 Å². The Morgan fingerprint density at radius 1 is 0.627 bits per heavy atom. The summed E-state index contributed by atoms with van der Waals surface area (Å²) in [7, 11) is 9.97. The van der Waals surface area contributed by atoms with Crippen molar-refractivity contribution in [2.45, 2.75) is 42.8 Å². The first kappa shape index (κ1) is 61.8. The second kappa shape index (κ2) is 34.7. The van der Waals surface area contributed by atoms with E-state index in [2.05, 4.69) is 194 Å². The van der Waals surface area contributed by atoms with Gasteiger partial charge in [0.05, 0.1) is 0 Å². The first-order chi connectivity index (χ1) is 36.4. The number of imide groups is 1. The number of carbonyl (C=O) groups is 3. The lowest BCUT2D eigenvalue weighted by Gasteiger charge is -2.26. The molecular formula is C61H77Br2N5O3P4. The van der Waals surface area contributed by atoms with Gasteiger partial charge in [-0.2, -0.15) is 0 Å². The smallest absolute Gasteiger partial charge is 0.255 e. The Labute approximate surface area is 475 Å². The normalized spacial score (nSPS) is 18.9. The molecule has 2 aliphatic carbocycles. The molecule has 14 heteroatoms. The van der Waals surface area contributed by atoms with E-state index in [1.165, 1.54) is 79.3 Å². The van der Waals surface area contributed by atoms with Gasteiger partial charge in [0.2, 0.25) is 11.8 Å². The molecule has 3 heterocycles. The van der Waals surface area contributed by atoms with Gasteiger partial charge in [-0.15, -0.1) is 13.2 Å². The fourth-order valence-corrected chi connectivity index (χ4v) is 11.6. The van der Waals surface area contributed by atoms with Gasteiger partial charge >= 0.3 is 0 Å². The molecule has 0 aromatic heterocycles. The third-order valence-corrected chi connectivity index (χ3v) is 16.4. The highest BCUT2D eigenvalue weighted by atomic mass is 79.9. The quantitative estimate of drug-likeness (QED) is 0.0467. The molecule has 10 rings (SSSR count). The molecule has 5 aromatic rings. The Bertz CT molecular complexity index is 2580. The van der Waals surface area contributed by atoms with Crippen LogP contribution in [0, 0.1) is 23.7 Å². The minimum Gasteiger partial charge on any atom is -0.320 e. The van der Waals surface area contributed by atoms with E-state index in [0.29, 0.717) is 13.0 Å². The zero-order valence-electron chi connectivity index (χ0n) is 43.0. The Kier molecular flexibility index (Phi) is 28.6. The fourth-order valence-electron chi connectivity index (χ4n) is 9.31. The molecule has 398 valence electrons. The SMILES string of the molecule is BrCc1ccccc1CBr.C=CCN(P)C(=O)/C=C/c1ccccc1.C=CCN(P)C/C=C/c1ccccc1.O=C1C=CCC(=O)N1P.PN1CC2Cc3ccccc3CC2C1.[2HH].c1ccc2c(c1)CC1CNCC1C2. The maximum Gasteiger partial charge on any atom is 0.255 e. The van der Waals surface area contributed by atoms with E-state index in [4.69, 9.17) is 0 Å². The van der Waals surface area contributed by atoms with Crippen LogP contribution in [0.25, 0.3) is 12.2 Å². The lowest BCUT2D eigenvalue weighted by atomic mass is 9.78. The number of hydrogen-bond donors (Lipinski definition) is 1. The summed E-state index contributed by atoms with van der Waals surface area (Å²) in [4.78, 5) is 32.7. The first-order valence-corrected chi connectivity index (χ1v) is 29.8. The van der Waals surface area contributed by atoms with Gasteiger partial charge in [-0.3, -0.25) is 28.4 Å². The van der Waals surface area contributed by atoms with Crippen LogP contribution in [0.2, 0.25) is 0 Å². The van der Waals surface area contributed by atoms with Crippen molar-refractivity contribution in [3.05, 3.63) is 228 Å². The molecule has 75 heavy (non-hydrogen) atoms. The number of benzene rings is 5. The van der Waals surface area contributed by atoms with Gasteiger partial charge < -0.3 is 9.99 Å². The van der Waals surface area contributed by atoms with Crippen LogP contribution < -0.4 is 5.32 Å². The van der Waals surface area contributed by atoms with E-state index in [-0.39, 0.29) is 19.1 Å². The zero-order valence-corrected chi connectivity index (χ0v) is 50.8. The summed E-state index contributed by atoms with van der Waals surface area (Å²) in [6.07, 6.45) is 19.7. The Balaban J connectivity index is 0.000000198. The summed E-state index contributed by atoms with van der Waals surface area (Å²) in [5.74, 6) is 3.14. The lowest BCUT2D eigenvalue weighted by Crippen LogP contribution is -2.28. The van der Waals surface area contributed by atoms with Crippen LogP contribution in [0.1, 0.15) is 52.4 Å². The van der Waals surface area contributed by atoms with Gasteiger partial charge in [-0.25, -0.2) is 0 Å². The van der Waals surface area contributed by atoms with Gasteiger partial charge in [-0.05, 0) is 132 Å². The van der Waals surface area contributed by atoms with Crippen molar-refractivity contribution in [2.24, 2.45) is 23.7 Å². The number of fused-ring (bicyclic) bond motifs is 4. The number of rotatable bonds is 11. The average molecular weight is 1210 g/mol. The van der Waals surface area contributed by atoms with Crippen molar-refractivity contribution in [2.75, 3.05) is 45.8 Å². The van der Waals surface area contributed by atoms with E-state index in [1.54, 1.807) is 46.6 Å². The predicted octanol–water partition coefficient (Wildman–Crippen LogP) is 13.0. The molecule has 0 bridgehead atoms. The second-order valence-corrected chi connectivity index (χ2v) is 22.6. The van der Waals surface area contributed by atoms with Crippen LogP contribution in [0.5, 0.6) is 0 Å².